The first-order chi connectivity index (χ1) is 14.9. The van der Waals surface area contributed by atoms with Crippen LogP contribution in [0.1, 0.15) is 43.2 Å². The normalized spacial score (nSPS) is 14.0. The van der Waals surface area contributed by atoms with E-state index in [2.05, 4.69) is 10.1 Å². The summed E-state index contributed by atoms with van der Waals surface area (Å²) in [6, 6.07) is 15.7. The van der Waals surface area contributed by atoms with Gasteiger partial charge in [-0.3, -0.25) is 0 Å². The van der Waals surface area contributed by atoms with Crippen molar-refractivity contribution in [2.75, 3.05) is 13.2 Å². The van der Waals surface area contributed by atoms with Crippen LogP contribution in [0, 0.1) is 0 Å². The highest BCUT2D eigenvalue weighted by molar-refractivity contribution is 5.84. The lowest BCUT2D eigenvalue weighted by atomic mass is 9.94. The third kappa shape index (κ3) is 4.33. The fraction of sp³-hybridized carbons (Fsp3) is 0.364. The zero-order valence-corrected chi connectivity index (χ0v) is 17.3. The number of benzene rings is 2. The number of unbranched alkanes of at least 4 members (excludes halogenated alkanes) is 1. The molecular weight excluding hydrogens is 398 g/mol. The standard InChI is InChI=1S/C22H25N5O4/c1-22(20(28)29,12-6-7-13-23)27(26-25-24)21(30)31-14-19-17-10-4-2-8-15(17)16-9-3-5-11-18(16)19/h2-5,8-11,19H,6-7,12-14,23H2,1H3,(H,28,29)/t22-/m1/s1. The summed E-state index contributed by atoms with van der Waals surface area (Å²) in [5.41, 5.74) is 16.9. The van der Waals surface area contributed by atoms with E-state index in [0.29, 0.717) is 24.4 Å². The van der Waals surface area contributed by atoms with Crippen LogP contribution in [0.3, 0.4) is 0 Å². The molecule has 2 aromatic carbocycles. The Bertz CT molecular complexity index is 975. The van der Waals surface area contributed by atoms with Gasteiger partial charge in [0.2, 0.25) is 5.54 Å². The smallest absolute Gasteiger partial charge is 0.478 e. The molecular formula is C22H25N5O4. The van der Waals surface area contributed by atoms with E-state index in [1.54, 1.807) is 0 Å². The molecule has 0 bridgehead atoms. The van der Waals surface area contributed by atoms with Crippen LogP contribution in [0.2, 0.25) is 0 Å². The van der Waals surface area contributed by atoms with E-state index >= 15 is 0 Å². The number of carbonyl (C=O) groups excluding carboxylic acids is 1. The van der Waals surface area contributed by atoms with E-state index in [1.165, 1.54) is 6.92 Å². The van der Waals surface area contributed by atoms with Crippen molar-refractivity contribution in [2.24, 2.45) is 11.0 Å². The lowest BCUT2D eigenvalue weighted by Crippen LogP contribution is -2.52. The lowest BCUT2D eigenvalue weighted by Gasteiger charge is -2.29. The maximum absolute atomic E-state index is 12.8. The van der Waals surface area contributed by atoms with Gasteiger partial charge in [-0.2, -0.15) is 9.71 Å². The number of aliphatic carboxylic acids is 1. The molecule has 0 unspecified atom stereocenters. The molecule has 9 heteroatoms. The molecule has 0 aliphatic heterocycles. The van der Waals surface area contributed by atoms with Crippen molar-refractivity contribution in [3.63, 3.8) is 0 Å². The van der Waals surface area contributed by atoms with E-state index in [-0.39, 0.29) is 18.9 Å². The van der Waals surface area contributed by atoms with E-state index in [0.717, 1.165) is 22.3 Å². The van der Waals surface area contributed by atoms with Crippen LogP contribution in [0.15, 0.2) is 53.8 Å². The van der Waals surface area contributed by atoms with Gasteiger partial charge in [0, 0.05) is 12.3 Å². The minimum atomic E-state index is -1.75. The Hall–Kier alpha value is -3.55. The van der Waals surface area contributed by atoms with Gasteiger partial charge < -0.3 is 15.6 Å². The van der Waals surface area contributed by atoms with Gasteiger partial charge >= 0.3 is 12.1 Å². The van der Waals surface area contributed by atoms with Gasteiger partial charge in [0.05, 0.1) is 0 Å². The zero-order valence-electron chi connectivity index (χ0n) is 17.3. The van der Waals surface area contributed by atoms with Gasteiger partial charge in [0.25, 0.3) is 0 Å². The van der Waals surface area contributed by atoms with E-state index in [4.69, 9.17) is 16.0 Å². The second-order valence-electron chi connectivity index (χ2n) is 7.62. The van der Waals surface area contributed by atoms with Gasteiger partial charge in [0.1, 0.15) is 6.61 Å². The molecule has 0 radical (unpaired) electrons. The third-order valence-corrected chi connectivity index (χ3v) is 5.68. The SMILES string of the molecule is C[C@@](CCCCN)(C(=O)O)N(N=[N+]=[N-])C(=O)OCC1c2ccccc2-c2ccccc21. The highest BCUT2D eigenvalue weighted by atomic mass is 16.6. The number of rotatable bonds is 9. The zero-order chi connectivity index (χ0) is 22.4. The summed E-state index contributed by atoms with van der Waals surface area (Å²) in [6.45, 7) is 1.72. The summed E-state index contributed by atoms with van der Waals surface area (Å²) < 4.78 is 5.49. The van der Waals surface area contributed by atoms with Crippen LogP contribution in [0.5, 0.6) is 0 Å². The monoisotopic (exact) mass is 423 g/mol. The second-order valence-corrected chi connectivity index (χ2v) is 7.62. The highest BCUT2D eigenvalue weighted by Gasteiger charge is 2.48. The Balaban J connectivity index is 1.82. The fourth-order valence-corrected chi connectivity index (χ4v) is 3.95. The molecule has 3 rings (SSSR count). The van der Waals surface area contributed by atoms with Crippen molar-refractivity contribution in [1.82, 2.24) is 5.01 Å². The summed E-state index contributed by atoms with van der Waals surface area (Å²) in [5.74, 6) is -1.48. The van der Waals surface area contributed by atoms with Crippen molar-refractivity contribution in [3.8, 4) is 11.1 Å². The fourth-order valence-electron chi connectivity index (χ4n) is 3.95. The summed E-state index contributed by atoms with van der Waals surface area (Å²) >= 11 is 0. The average Bonchev–Trinajstić information content (AvgIpc) is 3.09. The molecule has 31 heavy (non-hydrogen) atoms. The van der Waals surface area contributed by atoms with Gasteiger partial charge in [0.15, 0.2) is 0 Å². The molecule has 3 N–H and O–H groups in total. The predicted octanol–water partition coefficient (Wildman–Crippen LogP) is 4.44. The number of carboxylic acid groups (broad SMARTS) is 1. The topological polar surface area (TPSA) is 142 Å². The van der Waals surface area contributed by atoms with E-state index in [9.17, 15) is 14.7 Å². The molecule has 1 amide bonds. The number of nitrogens with two attached hydrogens (primary N) is 1. The van der Waals surface area contributed by atoms with Crippen molar-refractivity contribution in [2.45, 2.75) is 37.6 Å². The first-order valence-electron chi connectivity index (χ1n) is 10.1. The average molecular weight is 423 g/mol. The minimum Gasteiger partial charge on any atom is -0.478 e. The van der Waals surface area contributed by atoms with Gasteiger partial charge in [-0.1, -0.05) is 48.5 Å². The van der Waals surface area contributed by atoms with Crippen LogP contribution in [-0.2, 0) is 9.53 Å². The van der Waals surface area contributed by atoms with Gasteiger partial charge in [-0.15, -0.1) is 10.5 Å². The van der Waals surface area contributed by atoms with Crippen LogP contribution < -0.4 is 5.73 Å². The van der Waals surface area contributed by atoms with Crippen molar-refractivity contribution < 1.29 is 19.4 Å². The molecule has 162 valence electrons. The van der Waals surface area contributed by atoms with Crippen molar-refractivity contribution in [3.05, 3.63) is 70.1 Å². The number of azide groups is 1. The Kier molecular flexibility index (Phi) is 6.79. The van der Waals surface area contributed by atoms with Crippen LogP contribution in [0.4, 0.5) is 4.79 Å². The predicted molar refractivity (Wildman–Crippen MR) is 115 cm³/mol. The number of amides is 1. The molecule has 1 aliphatic rings. The molecule has 0 aromatic heterocycles. The van der Waals surface area contributed by atoms with Gasteiger partial charge in [-0.05, 0) is 53.8 Å². The van der Waals surface area contributed by atoms with E-state index in [1.807, 2.05) is 48.5 Å². The van der Waals surface area contributed by atoms with Crippen LogP contribution >= 0.6 is 0 Å². The summed E-state index contributed by atoms with van der Waals surface area (Å²) in [4.78, 5) is 27.5. The molecule has 2 aromatic rings. The molecule has 1 aliphatic carbocycles. The van der Waals surface area contributed by atoms with Gasteiger partial charge in [-0.25, -0.2) is 4.79 Å². The minimum absolute atomic E-state index is 0.0111. The molecule has 0 heterocycles. The summed E-state index contributed by atoms with van der Waals surface area (Å²) in [5, 5.41) is 13.7. The van der Waals surface area contributed by atoms with Crippen molar-refractivity contribution >= 4 is 12.1 Å². The largest absolute Gasteiger partial charge is 0.511 e. The second kappa shape index (κ2) is 9.51. The number of carboxylic acids is 1. The third-order valence-electron chi connectivity index (χ3n) is 5.68. The number of carbonyl (C=O) groups is 2. The number of nitrogens with zero attached hydrogens (tertiary/aromatic N) is 4. The van der Waals surface area contributed by atoms with E-state index < -0.39 is 17.6 Å². The Morgan fingerprint density at radius 2 is 1.74 bits per heavy atom. The molecule has 0 spiro atoms. The van der Waals surface area contributed by atoms with Crippen molar-refractivity contribution in [1.29, 1.82) is 0 Å². The maximum atomic E-state index is 12.8. The molecule has 1 atom stereocenters. The Labute approximate surface area is 180 Å². The highest BCUT2D eigenvalue weighted by Crippen LogP contribution is 2.44. The molecule has 0 saturated carbocycles. The Morgan fingerprint density at radius 3 is 2.26 bits per heavy atom. The number of hydrogen-bond acceptors (Lipinski definition) is 5. The van der Waals surface area contributed by atoms with Crippen LogP contribution in [-0.4, -0.2) is 40.9 Å². The lowest BCUT2D eigenvalue weighted by molar-refractivity contribution is -0.150. The summed E-state index contributed by atoms with van der Waals surface area (Å²) in [7, 11) is 0. The summed E-state index contributed by atoms with van der Waals surface area (Å²) in [6.07, 6.45) is 0.102. The molecule has 0 saturated heterocycles. The number of fused-ring (bicyclic) bond motifs is 3. The number of ether oxygens (including phenoxy) is 1. The first kappa shape index (κ1) is 22.1. The molecule has 0 fully saturated rings. The Morgan fingerprint density at radius 1 is 1.16 bits per heavy atom. The number of hydrogen-bond donors (Lipinski definition) is 2. The molecule has 9 nitrogen and oxygen atoms in total. The van der Waals surface area contributed by atoms with Crippen LogP contribution in [0.25, 0.3) is 21.6 Å². The first-order valence-corrected chi connectivity index (χ1v) is 10.1. The maximum Gasteiger partial charge on any atom is 0.511 e. The quantitative estimate of drug-likeness (QED) is 0.202.